The van der Waals surface area contributed by atoms with Crippen LogP contribution in [-0.4, -0.2) is 30.4 Å². The summed E-state index contributed by atoms with van der Waals surface area (Å²) in [4.78, 5) is 14.0. The minimum absolute atomic E-state index is 0.320. The topological polar surface area (TPSA) is 46.3 Å². The Labute approximate surface area is 106 Å². The molecule has 0 saturated heterocycles. The highest BCUT2D eigenvalue weighted by atomic mass is 16.2. The van der Waals surface area contributed by atoms with Gasteiger partial charge < -0.3 is 10.6 Å². The van der Waals surface area contributed by atoms with Crippen molar-refractivity contribution in [3.63, 3.8) is 0 Å². The van der Waals surface area contributed by atoms with Gasteiger partial charge in [0.15, 0.2) is 0 Å². The molecule has 1 fully saturated rings. The number of nitrogens with two attached hydrogens (primary N) is 1. The van der Waals surface area contributed by atoms with E-state index in [9.17, 15) is 4.79 Å². The molecular formula is C14H28N2O. The second-order valence-corrected chi connectivity index (χ2v) is 5.53. The molecule has 0 bridgehead atoms. The summed E-state index contributed by atoms with van der Waals surface area (Å²) in [6.45, 7) is 3.04. The van der Waals surface area contributed by atoms with Gasteiger partial charge in [0.05, 0.1) is 0 Å². The van der Waals surface area contributed by atoms with Gasteiger partial charge in [-0.15, -0.1) is 0 Å². The number of amides is 1. The van der Waals surface area contributed by atoms with Crippen LogP contribution in [-0.2, 0) is 4.79 Å². The lowest BCUT2D eigenvalue weighted by molar-refractivity contribution is -0.132. The van der Waals surface area contributed by atoms with Crippen LogP contribution in [0.2, 0.25) is 0 Å². The molecule has 1 amide bonds. The van der Waals surface area contributed by atoms with Gasteiger partial charge in [-0.25, -0.2) is 0 Å². The molecule has 2 N–H and O–H groups in total. The van der Waals surface area contributed by atoms with Crippen LogP contribution in [0.4, 0.5) is 0 Å². The fourth-order valence-electron chi connectivity index (χ4n) is 2.73. The molecule has 3 heteroatoms. The minimum atomic E-state index is 0.320. The third-order valence-corrected chi connectivity index (χ3v) is 3.94. The van der Waals surface area contributed by atoms with Gasteiger partial charge in [0.1, 0.15) is 0 Å². The summed E-state index contributed by atoms with van der Waals surface area (Å²) in [5.74, 6) is 1.10. The molecule has 3 nitrogen and oxygen atoms in total. The Morgan fingerprint density at radius 3 is 2.71 bits per heavy atom. The van der Waals surface area contributed by atoms with Gasteiger partial charge >= 0.3 is 0 Å². The van der Waals surface area contributed by atoms with Crippen LogP contribution < -0.4 is 5.73 Å². The number of unbranched alkanes of at least 4 members (excludes halogenated alkanes) is 2. The van der Waals surface area contributed by atoms with E-state index in [4.69, 9.17) is 5.73 Å². The average Bonchev–Trinajstić information content (AvgIpc) is 2.33. The summed E-state index contributed by atoms with van der Waals surface area (Å²) in [6.07, 6.45) is 8.78. The van der Waals surface area contributed by atoms with Crippen LogP contribution in [0.15, 0.2) is 0 Å². The van der Waals surface area contributed by atoms with E-state index in [2.05, 4.69) is 6.92 Å². The fourth-order valence-corrected chi connectivity index (χ4v) is 2.73. The molecule has 1 aliphatic carbocycles. The SMILES string of the molecule is CC1CCCC(N(C)C(=O)CCCCCN)C1. The van der Waals surface area contributed by atoms with E-state index in [0.717, 1.165) is 31.7 Å². The van der Waals surface area contributed by atoms with E-state index in [-0.39, 0.29) is 0 Å². The lowest BCUT2D eigenvalue weighted by atomic mass is 9.86. The lowest BCUT2D eigenvalue weighted by Crippen LogP contribution is -2.39. The van der Waals surface area contributed by atoms with Crippen LogP contribution in [0.1, 0.15) is 58.3 Å². The number of nitrogens with zero attached hydrogens (tertiary/aromatic N) is 1. The van der Waals surface area contributed by atoms with Gasteiger partial charge in [0.25, 0.3) is 0 Å². The summed E-state index contributed by atoms with van der Waals surface area (Å²) < 4.78 is 0. The van der Waals surface area contributed by atoms with Crippen molar-refractivity contribution in [2.75, 3.05) is 13.6 Å². The van der Waals surface area contributed by atoms with Gasteiger partial charge in [0.2, 0.25) is 5.91 Å². The van der Waals surface area contributed by atoms with Gasteiger partial charge in [-0.05, 0) is 38.1 Å². The zero-order valence-corrected chi connectivity index (χ0v) is 11.5. The van der Waals surface area contributed by atoms with E-state index >= 15 is 0 Å². The fraction of sp³-hybridized carbons (Fsp3) is 0.929. The highest BCUT2D eigenvalue weighted by Crippen LogP contribution is 2.27. The van der Waals surface area contributed by atoms with E-state index in [0.29, 0.717) is 18.4 Å². The molecule has 0 aromatic heterocycles. The molecule has 0 radical (unpaired) electrons. The highest BCUT2D eigenvalue weighted by molar-refractivity contribution is 5.76. The third-order valence-electron chi connectivity index (χ3n) is 3.94. The first-order valence-corrected chi connectivity index (χ1v) is 7.11. The van der Waals surface area contributed by atoms with Crippen LogP contribution in [0.5, 0.6) is 0 Å². The Morgan fingerprint density at radius 1 is 1.29 bits per heavy atom. The first kappa shape index (κ1) is 14.5. The molecule has 100 valence electrons. The predicted octanol–water partition coefficient (Wildman–Crippen LogP) is 2.54. The number of hydrogen-bond acceptors (Lipinski definition) is 2. The molecule has 1 rings (SSSR count). The van der Waals surface area contributed by atoms with E-state index in [1.54, 1.807) is 0 Å². The number of rotatable bonds is 6. The number of carbonyl (C=O) groups excluding carboxylic acids is 1. The van der Waals surface area contributed by atoms with Crippen molar-refractivity contribution >= 4 is 5.91 Å². The summed E-state index contributed by atoms with van der Waals surface area (Å²) >= 11 is 0. The molecule has 0 heterocycles. The van der Waals surface area contributed by atoms with Gasteiger partial charge in [0, 0.05) is 19.5 Å². The summed E-state index contributed by atoms with van der Waals surface area (Å²) in [5, 5.41) is 0. The second-order valence-electron chi connectivity index (χ2n) is 5.53. The Kier molecular flexibility index (Phi) is 6.56. The van der Waals surface area contributed by atoms with Crippen molar-refractivity contribution in [3.05, 3.63) is 0 Å². The first-order chi connectivity index (χ1) is 8.15. The number of hydrogen-bond donors (Lipinski definition) is 1. The van der Waals surface area contributed by atoms with E-state index < -0.39 is 0 Å². The van der Waals surface area contributed by atoms with Crippen molar-refractivity contribution < 1.29 is 4.79 Å². The molecular weight excluding hydrogens is 212 g/mol. The maximum absolute atomic E-state index is 12.0. The predicted molar refractivity (Wildman–Crippen MR) is 71.7 cm³/mol. The van der Waals surface area contributed by atoms with Crippen LogP contribution in [0, 0.1) is 5.92 Å². The van der Waals surface area contributed by atoms with Crippen molar-refractivity contribution in [2.45, 2.75) is 64.3 Å². The van der Waals surface area contributed by atoms with Gasteiger partial charge in [-0.2, -0.15) is 0 Å². The zero-order chi connectivity index (χ0) is 12.7. The molecule has 0 aliphatic heterocycles. The Hall–Kier alpha value is -0.570. The highest BCUT2D eigenvalue weighted by Gasteiger charge is 2.24. The summed E-state index contributed by atoms with van der Waals surface area (Å²) in [6, 6.07) is 0.487. The molecule has 1 aliphatic rings. The van der Waals surface area contributed by atoms with E-state index in [1.807, 2.05) is 11.9 Å². The zero-order valence-electron chi connectivity index (χ0n) is 11.5. The lowest BCUT2D eigenvalue weighted by Gasteiger charge is -2.34. The molecule has 17 heavy (non-hydrogen) atoms. The normalized spacial score (nSPS) is 24.6. The van der Waals surface area contributed by atoms with Crippen molar-refractivity contribution in [2.24, 2.45) is 11.7 Å². The van der Waals surface area contributed by atoms with Crippen LogP contribution >= 0.6 is 0 Å². The maximum atomic E-state index is 12.0. The molecule has 0 spiro atoms. The molecule has 0 aromatic rings. The first-order valence-electron chi connectivity index (χ1n) is 7.11. The minimum Gasteiger partial charge on any atom is -0.343 e. The summed E-state index contributed by atoms with van der Waals surface area (Å²) in [7, 11) is 1.98. The quantitative estimate of drug-likeness (QED) is 0.725. The van der Waals surface area contributed by atoms with Crippen LogP contribution in [0.3, 0.4) is 0 Å². The van der Waals surface area contributed by atoms with Crippen molar-refractivity contribution in [3.8, 4) is 0 Å². The van der Waals surface area contributed by atoms with Crippen molar-refractivity contribution in [1.29, 1.82) is 0 Å². The number of carbonyl (C=O) groups is 1. The Balaban J connectivity index is 2.25. The molecule has 0 aromatic carbocycles. The van der Waals surface area contributed by atoms with Gasteiger partial charge in [-0.1, -0.05) is 26.2 Å². The van der Waals surface area contributed by atoms with E-state index in [1.165, 1.54) is 25.7 Å². The summed E-state index contributed by atoms with van der Waals surface area (Å²) in [5.41, 5.74) is 5.44. The Bertz CT molecular complexity index is 230. The van der Waals surface area contributed by atoms with Crippen LogP contribution in [0.25, 0.3) is 0 Å². The molecule has 2 atom stereocenters. The monoisotopic (exact) mass is 240 g/mol. The Morgan fingerprint density at radius 2 is 2.06 bits per heavy atom. The van der Waals surface area contributed by atoms with Gasteiger partial charge in [-0.3, -0.25) is 4.79 Å². The van der Waals surface area contributed by atoms with Crippen molar-refractivity contribution in [1.82, 2.24) is 4.90 Å². The molecule has 1 saturated carbocycles. The largest absolute Gasteiger partial charge is 0.343 e. The standard InChI is InChI=1S/C14H28N2O/c1-12-7-6-8-13(11-12)16(2)14(17)9-4-3-5-10-15/h12-13H,3-11,15H2,1-2H3. The average molecular weight is 240 g/mol. The smallest absolute Gasteiger partial charge is 0.222 e. The molecule has 2 unspecified atom stereocenters. The maximum Gasteiger partial charge on any atom is 0.222 e. The third kappa shape index (κ3) is 5.07. The second kappa shape index (κ2) is 7.70.